The van der Waals surface area contributed by atoms with Gasteiger partial charge in [0.15, 0.2) is 0 Å². The first-order chi connectivity index (χ1) is 12.4. The Morgan fingerprint density at radius 3 is 2.42 bits per heavy atom. The van der Waals surface area contributed by atoms with E-state index in [0.29, 0.717) is 6.54 Å². The van der Waals surface area contributed by atoms with Crippen molar-refractivity contribution in [1.29, 1.82) is 0 Å². The average molecular weight is 357 g/mol. The predicted molar refractivity (Wildman–Crippen MR) is 98.4 cm³/mol. The summed E-state index contributed by atoms with van der Waals surface area (Å²) in [6, 6.07) is 7.23. The van der Waals surface area contributed by atoms with Gasteiger partial charge >= 0.3 is 6.03 Å². The lowest BCUT2D eigenvalue weighted by atomic mass is 9.91. The van der Waals surface area contributed by atoms with Gasteiger partial charge in [-0.05, 0) is 39.2 Å². The number of rotatable bonds is 5. The topological polar surface area (TPSA) is 69.7 Å². The number of hydrogen-bond acceptors (Lipinski definition) is 3. The molecule has 0 aromatic heterocycles. The zero-order chi connectivity index (χ0) is 18.9. The molecule has 1 N–H and O–H groups in total. The lowest BCUT2D eigenvalue weighted by Crippen LogP contribution is -2.47. The first-order valence-corrected chi connectivity index (χ1v) is 9.37. The Morgan fingerprint density at radius 2 is 1.85 bits per heavy atom. The van der Waals surface area contributed by atoms with Crippen molar-refractivity contribution in [1.82, 2.24) is 15.1 Å². The maximum atomic E-state index is 13.0. The van der Waals surface area contributed by atoms with Crippen molar-refractivity contribution in [2.75, 3.05) is 13.1 Å². The molecule has 140 valence electrons. The first kappa shape index (κ1) is 18.4. The summed E-state index contributed by atoms with van der Waals surface area (Å²) in [6.45, 7) is 6.00. The van der Waals surface area contributed by atoms with Crippen molar-refractivity contribution in [2.24, 2.45) is 0 Å². The maximum absolute atomic E-state index is 13.0. The second-order valence-corrected chi connectivity index (χ2v) is 7.43. The molecule has 1 aromatic carbocycles. The zero-order valence-corrected chi connectivity index (χ0v) is 15.7. The summed E-state index contributed by atoms with van der Waals surface area (Å²) in [6.07, 6.45) is 4.26. The molecule has 26 heavy (non-hydrogen) atoms. The fourth-order valence-corrected chi connectivity index (χ4v) is 4.00. The summed E-state index contributed by atoms with van der Waals surface area (Å²) in [7, 11) is 0. The highest BCUT2D eigenvalue weighted by molar-refractivity contribution is 6.09. The summed E-state index contributed by atoms with van der Waals surface area (Å²) in [5.74, 6) is -0.529. The Labute approximate surface area is 154 Å². The van der Waals surface area contributed by atoms with Crippen LogP contribution in [-0.2, 0) is 15.1 Å². The van der Waals surface area contributed by atoms with Crippen molar-refractivity contribution >= 4 is 17.8 Å². The van der Waals surface area contributed by atoms with E-state index in [1.807, 2.05) is 43.0 Å². The number of nitrogens with zero attached hydrogens (tertiary/aromatic N) is 2. The Hall–Kier alpha value is -2.37. The molecule has 0 radical (unpaired) electrons. The Kier molecular flexibility index (Phi) is 5.03. The van der Waals surface area contributed by atoms with E-state index in [-0.39, 0.29) is 24.4 Å². The molecule has 1 aliphatic carbocycles. The third-order valence-electron chi connectivity index (χ3n) is 5.62. The van der Waals surface area contributed by atoms with E-state index in [1.165, 1.54) is 0 Å². The highest BCUT2D eigenvalue weighted by Gasteiger charge is 2.49. The first-order valence-electron chi connectivity index (χ1n) is 9.37. The normalized spacial score (nSPS) is 23.4. The van der Waals surface area contributed by atoms with E-state index < -0.39 is 11.6 Å². The van der Waals surface area contributed by atoms with Crippen LogP contribution in [0.25, 0.3) is 0 Å². The molecule has 1 unspecified atom stereocenters. The van der Waals surface area contributed by atoms with Gasteiger partial charge in [-0.3, -0.25) is 14.5 Å². The predicted octanol–water partition coefficient (Wildman–Crippen LogP) is 2.55. The molecule has 1 heterocycles. The van der Waals surface area contributed by atoms with Crippen molar-refractivity contribution in [2.45, 2.75) is 58.0 Å². The molecule has 1 atom stereocenters. The van der Waals surface area contributed by atoms with Crippen LogP contribution in [0.1, 0.15) is 50.7 Å². The van der Waals surface area contributed by atoms with Gasteiger partial charge in [-0.1, -0.05) is 42.7 Å². The Bertz CT molecular complexity index is 710. The molecule has 0 spiro atoms. The maximum Gasteiger partial charge on any atom is 0.325 e. The highest BCUT2D eigenvalue weighted by atomic mass is 16.2. The van der Waals surface area contributed by atoms with Gasteiger partial charge in [0.25, 0.3) is 5.91 Å². The van der Waals surface area contributed by atoms with Gasteiger partial charge in [0.05, 0.1) is 0 Å². The number of carbonyl (C=O) groups excluding carboxylic acids is 3. The van der Waals surface area contributed by atoms with Crippen molar-refractivity contribution in [3.8, 4) is 0 Å². The van der Waals surface area contributed by atoms with Crippen LogP contribution < -0.4 is 5.32 Å². The van der Waals surface area contributed by atoms with Crippen LogP contribution in [0, 0.1) is 6.92 Å². The number of aryl methyl sites for hydroxylation is 1. The van der Waals surface area contributed by atoms with E-state index in [1.54, 1.807) is 6.92 Å². The standard InChI is InChI=1S/C20H27N3O3/c1-4-22(16-7-5-6-8-16)17(24)13-23-18(25)20(3,21-19(23)26)15-11-9-14(2)10-12-15/h9-12,16H,4-8,13H2,1-3H3,(H,21,26). The number of carbonyl (C=O) groups is 3. The molecule has 6 nitrogen and oxygen atoms in total. The average Bonchev–Trinajstić information content (AvgIpc) is 3.20. The molecule has 6 heteroatoms. The summed E-state index contributed by atoms with van der Waals surface area (Å²) in [4.78, 5) is 41.0. The third-order valence-corrected chi connectivity index (χ3v) is 5.62. The van der Waals surface area contributed by atoms with Gasteiger partial charge < -0.3 is 10.2 Å². The van der Waals surface area contributed by atoms with E-state index in [4.69, 9.17) is 0 Å². The van der Waals surface area contributed by atoms with Crippen LogP contribution in [0.4, 0.5) is 4.79 Å². The summed E-state index contributed by atoms with van der Waals surface area (Å²) in [5, 5.41) is 2.76. The lowest BCUT2D eigenvalue weighted by Gasteiger charge is -2.29. The minimum atomic E-state index is -1.13. The fourth-order valence-electron chi connectivity index (χ4n) is 4.00. The number of imide groups is 1. The SMILES string of the molecule is CCN(C(=O)CN1C(=O)NC(C)(c2ccc(C)cc2)C1=O)C1CCCC1. The number of nitrogens with one attached hydrogen (secondary N) is 1. The molecule has 1 aromatic rings. The number of hydrogen-bond donors (Lipinski definition) is 1. The Morgan fingerprint density at radius 1 is 1.23 bits per heavy atom. The summed E-state index contributed by atoms with van der Waals surface area (Å²) < 4.78 is 0. The quantitative estimate of drug-likeness (QED) is 0.824. The van der Waals surface area contributed by atoms with E-state index in [9.17, 15) is 14.4 Å². The van der Waals surface area contributed by atoms with E-state index in [2.05, 4.69) is 5.32 Å². The minimum Gasteiger partial charge on any atom is -0.338 e. The molecule has 1 saturated carbocycles. The molecule has 2 fully saturated rings. The molecular weight excluding hydrogens is 330 g/mol. The van der Waals surface area contributed by atoms with Gasteiger partial charge in [0, 0.05) is 12.6 Å². The molecular formula is C20H27N3O3. The van der Waals surface area contributed by atoms with Crippen LogP contribution in [0.5, 0.6) is 0 Å². The second-order valence-electron chi connectivity index (χ2n) is 7.43. The largest absolute Gasteiger partial charge is 0.338 e. The molecule has 3 rings (SSSR count). The van der Waals surface area contributed by atoms with Crippen LogP contribution >= 0.6 is 0 Å². The monoisotopic (exact) mass is 357 g/mol. The molecule has 1 aliphatic heterocycles. The van der Waals surface area contributed by atoms with Gasteiger partial charge in [-0.15, -0.1) is 0 Å². The van der Waals surface area contributed by atoms with Crippen LogP contribution in [0.15, 0.2) is 24.3 Å². The van der Waals surface area contributed by atoms with Crippen molar-refractivity contribution < 1.29 is 14.4 Å². The minimum absolute atomic E-state index is 0.156. The molecule has 4 amide bonds. The van der Waals surface area contributed by atoms with Crippen molar-refractivity contribution in [3.05, 3.63) is 35.4 Å². The van der Waals surface area contributed by atoms with Crippen LogP contribution in [-0.4, -0.2) is 46.8 Å². The van der Waals surface area contributed by atoms with Gasteiger partial charge in [0.2, 0.25) is 5.91 Å². The van der Waals surface area contributed by atoms with Gasteiger partial charge in [-0.2, -0.15) is 0 Å². The smallest absolute Gasteiger partial charge is 0.325 e. The number of benzene rings is 1. The van der Waals surface area contributed by atoms with Crippen LogP contribution in [0.2, 0.25) is 0 Å². The van der Waals surface area contributed by atoms with Crippen molar-refractivity contribution in [3.63, 3.8) is 0 Å². The molecule has 0 bridgehead atoms. The van der Waals surface area contributed by atoms with Crippen LogP contribution in [0.3, 0.4) is 0 Å². The zero-order valence-electron chi connectivity index (χ0n) is 15.7. The molecule has 1 saturated heterocycles. The van der Waals surface area contributed by atoms with E-state index in [0.717, 1.165) is 41.7 Å². The number of urea groups is 1. The fraction of sp³-hybridized carbons (Fsp3) is 0.550. The second kappa shape index (κ2) is 7.09. The van der Waals surface area contributed by atoms with Gasteiger partial charge in [-0.25, -0.2) is 4.79 Å². The number of likely N-dealkylation sites (N-methyl/N-ethyl adjacent to an activating group) is 1. The van der Waals surface area contributed by atoms with Gasteiger partial charge in [0.1, 0.15) is 12.1 Å². The molecule has 2 aliphatic rings. The summed E-state index contributed by atoms with van der Waals surface area (Å²) >= 11 is 0. The Balaban J connectivity index is 1.76. The highest BCUT2D eigenvalue weighted by Crippen LogP contribution is 2.29. The summed E-state index contributed by atoms with van der Waals surface area (Å²) in [5.41, 5.74) is 0.672. The van der Waals surface area contributed by atoms with E-state index >= 15 is 0 Å². The number of amides is 4. The third kappa shape index (κ3) is 3.20. The lowest BCUT2D eigenvalue weighted by molar-refractivity contribution is -0.140.